The van der Waals surface area contributed by atoms with Crippen molar-refractivity contribution in [2.75, 3.05) is 38.2 Å². The number of carbonyl (C=O) groups is 1. The molecule has 1 fully saturated rings. The number of fused-ring (bicyclic) bond motifs is 1. The topological polar surface area (TPSA) is 72.3 Å². The van der Waals surface area contributed by atoms with Gasteiger partial charge in [0, 0.05) is 31.3 Å². The van der Waals surface area contributed by atoms with Gasteiger partial charge in [0.15, 0.2) is 0 Å². The Balaban J connectivity index is 1.47. The maximum absolute atomic E-state index is 13.7. The molecule has 1 aliphatic heterocycles. The van der Waals surface area contributed by atoms with Gasteiger partial charge >= 0.3 is 0 Å². The van der Waals surface area contributed by atoms with Gasteiger partial charge in [-0.3, -0.25) is 9.69 Å². The Hall–Kier alpha value is -2.91. The van der Waals surface area contributed by atoms with Crippen molar-refractivity contribution >= 4 is 22.6 Å². The minimum absolute atomic E-state index is 0.209. The number of nitrogens with one attached hydrogen (secondary N) is 1. The van der Waals surface area contributed by atoms with E-state index in [1.54, 1.807) is 22.9 Å². The Bertz CT molecular complexity index is 1000. The number of halogens is 2. The van der Waals surface area contributed by atoms with Crippen molar-refractivity contribution in [3.63, 3.8) is 0 Å². The summed E-state index contributed by atoms with van der Waals surface area (Å²) in [5, 5.41) is 10.7. The van der Waals surface area contributed by atoms with Gasteiger partial charge < -0.3 is 10.1 Å². The molecule has 9 heteroatoms. The Morgan fingerprint density at radius 2 is 1.93 bits per heavy atom. The first kappa shape index (κ1) is 18.5. The molecule has 146 valence electrons. The second-order valence-corrected chi connectivity index (χ2v) is 6.55. The fourth-order valence-corrected chi connectivity index (χ4v) is 3.13. The summed E-state index contributed by atoms with van der Waals surface area (Å²) in [6.45, 7) is 4.78. The molecule has 0 aliphatic carbocycles. The van der Waals surface area contributed by atoms with Crippen LogP contribution in [0.1, 0.15) is 10.4 Å². The van der Waals surface area contributed by atoms with Crippen molar-refractivity contribution in [1.29, 1.82) is 0 Å². The zero-order valence-electron chi connectivity index (χ0n) is 15.1. The lowest BCUT2D eigenvalue weighted by Gasteiger charge is -2.26. The van der Waals surface area contributed by atoms with E-state index in [-0.39, 0.29) is 11.3 Å². The Kier molecular flexibility index (Phi) is 5.27. The number of anilines is 1. The molecule has 7 nitrogen and oxygen atoms in total. The number of rotatable bonds is 5. The number of ether oxygens (including phenoxy) is 1. The molecule has 0 unspecified atom stereocenters. The van der Waals surface area contributed by atoms with Gasteiger partial charge in [0.05, 0.1) is 31.0 Å². The number of aromatic nitrogens is 3. The van der Waals surface area contributed by atoms with Crippen LogP contribution in [-0.4, -0.2) is 58.6 Å². The summed E-state index contributed by atoms with van der Waals surface area (Å²) in [5.41, 5.74) is 1.45. The highest BCUT2D eigenvalue weighted by atomic mass is 19.1. The van der Waals surface area contributed by atoms with E-state index in [0.29, 0.717) is 12.1 Å². The van der Waals surface area contributed by atoms with Gasteiger partial charge in [-0.2, -0.15) is 0 Å². The average molecular weight is 387 g/mol. The van der Waals surface area contributed by atoms with Crippen LogP contribution < -0.4 is 5.32 Å². The van der Waals surface area contributed by atoms with Crippen molar-refractivity contribution in [3.05, 3.63) is 53.6 Å². The molecular weight excluding hydrogens is 368 g/mol. The third kappa shape index (κ3) is 4.00. The summed E-state index contributed by atoms with van der Waals surface area (Å²) in [5.74, 6) is -1.88. The fourth-order valence-electron chi connectivity index (χ4n) is 3.13. The molecule has 1 amide bonds. The number of amides is 1. The molecule has 0 spiro atoms. The third-order valence-electron chi connectivity index (χ3n) is 4.68. The van der Waals surface area contributed by atoms with Crippen LogP contribution in [0.5, 0.6) is 0 Å². The summed E-state index contributed by atoms with van der Waals surface area (Å²) in [6, 6.07) is 7.85. The second kappa shape index (κ2) is 7.99. The Morgan fingerprint density at radius 1 is 1.11 bits per heavy atom. The van der Waals surface area contributed by atoms with E-state index in [1.165, 1.54) is 0 Å². The SMILES string of the molecule is O=C(Nc1cc(F)ccc1F)c1ccc2c(c1)nnn2CCN1CCOCC1. The number of morpholine rings is 1. The van der Waals surface area contributed by atoms with Gasteiger partial charge in [-0.1, -0.05) is 5.21 Å². The normalized spacial score (nSPS) is 15.1. The van der Waals surface area contributed by atoms with E-state index in [9.17, 15) is 13.6 Å². The van der Waals surface area contributed by atoms with E-state index in [1.807, 2.05) is 0 Å². The molecule has 28 heavy (non-hydrogen) atoms. The zero-order valence-corrected chi connectivity index (χ0v) is 15.1. The maximum atomic E-state index is 13.7. The molecule has 3 aromatic rings. The van der Waals surface area contributed by atoms with Gasteiger partial charge in [-0.25, -0.2) is 13.5 Å². The van der Waals surface area contributed by atoms with Gasteiger partial charge in [0.25, 0.3) is 5.91 Å². The van der Waals surface area contributed by atoms with Crippen LogP contribution >= 0.6 is 0 Å². The maximum Gasteiger partial charge on any atom is 0.255 e. The van der Waals surface area contributed by atoms with Crippen LogP contribution in [0.25, 0.3) is 11.0 Å². The quantitative estimate of drug-likeness (QED) is 0.727. The Morgan fingerprint density at radius 3 is 2.75 bits per heavy atom. The zero-order chi connectivity index (χ0) is 19.5. The van der Waals surface area contributed by atoms with Crippen molar-refractivity contribution in [3.8, 4) is 0 Å². The number of hydrogen-bond acceptors (Lipinski definition) is 5. The third-order valence-corrected chi connectivity index (χ3v) is 4.68. The van der Waals surface area contributed by atoms with Crippen molar-refractivity contribution in [1.82, 2.24) is 19.9 Å². The van der Waals surface area contributed by atoms with E-state index in [0.717, 1.165) is 56.6 Å². The molecule has 0 saturated carbocycles. The molecule has 2 heterocycles. The van der Waals surface area contributed by atoms with Crippen molar-refractivity contribution < 1.29 is 18.3 Å². The van der Waals surface area contributed by atoms with Crippen LogP contribution in [0.15, 0.2) is 36.4 Å². The standard InChI is InChI=1S/C19H19F2N5O2/c20-14-2-3-15(21)16(12-14)22-19(27)13-1-4-18-17(11-13)23-24-26(18)6-5-25-7-9-28-10-8-25/h1-4,11-12H,5-10H2,(H,22,27). The summed E-state index contributed by atoms with van der Waals surface area (Å²) in [4.78, 5) is 14.7. The van der Waals surface area contributed by atoms with Crippen LogP contribution in [-0.2, 0) is 11.3 Å². The lowest BCUT2D eigenvalue weighted by Crippen LogP contribution is -2.38. The van der Waals surface area contributed by atoms with E-state index >= 15 is 0 Å². The predicted octanol–water partition coefficient (Wildman–Crippen LogP) is 2.29. The highest BCUT2D eigenvalue weighted by molar-refractivity contribution is 6.05. The predicted molar refractivity (Wildman–Crippen MR) is 99.1 cm³/mol. The molecule has 1 aromatic heterocycles. The van der Waals surface area contributed by atoms with E-state index in [4.69, 9.17) is 4.74 Å². The van der Waals surface area contributed by atoms with Gasteiger partial charge in [0.1, 0.15) is 17.2 Å². The van der Waals surface area contributed by atoms with Crippen LogP contribution in [0.4, 0.5) is 14.5 Å². The molecule has 1 saturated heterocycles. The molecular formula is C19H19F2N5O2. The molecule has 1 aliphatic rings. The van der Waals surface area contributed by atoms with Crippen molar-refractivity contribution in [2.45, 2.75) is 6.54 Å². The number of nitrogens with zero attached hydrogens (tertiary/aromatic N) is 4. The molecule has 0 bridgehead atoms. The van der Waals surface area contributed by atoms with Crippen LogP contribution in [0.2, 0.25) is 0 Å². The minimum Gasteiger partial charge on any atom is -0.379 e. The first-order valence-electron chi connectivity index (χ1n) is 9.00. The summed E-state index contributed by atoms with van der Waals surface area (Å²) in [7, 11) is 0. The fraction of sp³-hybridized carbons (Fsp3) is 0.316. The first-order valence-corrected chi connectivity index (χ1v) is 9.00. The van der Waals surface area contributed by atoms with Gasteiger partial charge in [-0.05, 0) is 30.3 Å². The number of carbonyl (C=O) groups excluding carboxylic acids is 1. The molecule has 1 N–H and O–H groups in total. The largest absolute Gasteiger partial charge is 0.379 e. The van der Waals surface area contributed by atoms with E-state index < -0.39 is 17.5 Å². The highest BCUT2D eigenvalue weighted by Crippen LogP contribution is 2.18. The lowest BCUT2D eigenvalue weighted by atomic mass is 10.1. The minimum atomic E-state index is -0.704. The Labute approximate surface area is 159 Å². The van der Waals surface area contributed by atoms with Gasteiger partial charge in [0.2, 0.25) is 0 Å². The summed E-state index contributed by atoms with van der Waals surface area (Å²) >= 11 is 0. The lowest BCUT2D eigenvalue weighted by molar-refractivity contribution is 0.0360. The number of hydrogen-bond donors (Lipinski definition) is 1. The monoisotopic (exact) mass is 387 g/mol. The smallest absolute Gasteiger partial charge is 0.255 e. The molecule has 0 radical (unpaired) electrons. The van der Waals surface area contributed by atoms with E-state index in [2.05, 4.69) is 20.5 Å². The average Bonchev–Trinajstić information content (AvgIpc) is 3.12. The summed E-state index contributed by atoms with van der Waals surface area (Å²) < 4.78 is 34.1. The first-order chi connectivity index (χ1) is 13.6. The second-order valence-electron chi connectivity index (χ2n) is 6.55. The van der Waals surface area contributed by atoms with Crippen LogP contribution in [0, 0.1) is 11.6 Å². The molecule has 4 rings (SSSR count). The molecule has 0 atom stereocenters. The number of benzene rings is 2. The highest BCUT2D eigenvalue weighted by Gasteiger charge is 2.14. The van der Waals surface area contributed by atoms with Crippen LogP contribution in [0.3, 0.4) is 0 Å². The van der Waals surface area contributed by atoms with Gasteiger partial charge in [-0.15, -0.1) is 5.10 Å². The van der Waals surface area contributed by atoms with Crippen molar-refractivity contribution in [2.24, 2.45) is 0 Å². The molecule has 2 aromatic carbocycles. The summed E-state index contributed by atoms with van der Waals surface area (Å²) in [6.07, 6.45) is 0.